The fourth-order valence-electron chi connectivity index (χ4n) is 1.83. The van der Waals surface area contributed by atoms with E-state index in [0.717, 1.165) is 29.1 Å². The number of hydrogen-bond donors (Lipinski definition) is 1. The standard InChI is InChI=1S/C12H16BrN5/c1-3-14-11(10-6-5-9(13)7-15-10)12-16-8-17-18(12)4-2/h5-8,11,14H,3-4H2,1-2H3. The van der Waals surface area contributed by atoms with Gasteiger partial charge >= 0.3 is 0 Å². The minimum absolute atomic E-state index is 0.0226. The number of aryl methyl sites for hydroxylation is 1. The van der Waals surface area contributed by atoms with Gasteiger partial charge in [-0.2, -0.15) is 5.10 Å². The SMILES string of the molecule is CCNC(c1ccc(Br)cn1)c1ncnn1CC. The third kappa shape index (κ3) is 2.76. The molecule has 2 heterocycles. The lowest BCUT2D eigenvalue weighted by molar-refractivity contribution is 0.523. The summed E-state index contributed by atoms with van der Waals surface area (Å²) in [6, 6.07) is 3.95. The number of aromatic nitrogens is 4. The maximum Gasteiger partial charge on any atom is 0.150 e. The monoisotopic (exact) mass is 309 g/mol. The summed E-state index contributed by atoms with van der Waals surface area (Å²) in [5.41, 5.74) is 0.947. The van der Waals surface area contributed by atoms with Crippen LogP contribution < -0.4 is 5.32 Å². The Morgan fingerprint density at radius 2 is 2.17 bits per heavy atom. The van der Waals surface area contributed by atoms with Crippen molar-refractivity contribution in [2.45, 2.75) is 26.4 Å². The van der Waals surface area contributed by atoms with Crippen LogP contribution in [0.4, 0.5) is 0 Å². The number of nitrogens with zero attached hydrogens (tertiary/aromatic N) is 4. The number of halogens is 1. The molecule has 96 valence electrons. The van der Waals surface area contributed by atoms with Crippen molar-refractivity contribution >= 4 is 15.9 Å². The zero-order chi connectivity index (χ0) is 13.0. The molecule has 0 aliphatic carbocycles. The molecule has 0 saturated heterocycles. The van der Waals surface area contributed by atoms with Gasteiger partial charge in [-0.15, -0.1) is 0 Å². The first-order chi connectivity index (χ1) is 8.76. The van der Waals surface area contributed by atoms with Gasteiger partial charge in [0, 0.05) is 17.2 Å². The van der Waals surface area contributed by atoms with Crippen LogP contribution in [0.1, 0.15) is 31.4 Å². The minimum atomic E-state index is -0.0226. The van der Waals surface area contributed by atoms with Gasteiger partial charge in [-0.25, -0.2) is 9.67 Å². The van der Waals surface area contributed by atoms with E-state index in [0.29, 0.717) is 0 Å². The van der Waals surface area contributed by atoms with E-state index in [-0.39, 0.29) is 6.04 Å². The molecule has 5 nitrogen and oxygen atoms in total. The maximum atomic E-state index is 4.44. The van der Waals surface area contributed by atoms with Crippen molar-refractivity contribution in [3.05, 3.63) is 40.6 Å². The highest BCUT2D eigenvalue weighted by molar-refractivity contribution is 9.10. The lowest BCUT2D eigenvalue weighted by Crippen LogP contribution is -2.26. The van der Waals surface area contributed by atoms with E-state index >= 15 is 0 Å². The lowest BCUT2D eigenvalue weighted by Gasteiger charge is -2.17. The van der Waals surface area contributed by atoms with Crippen LogP contribution in [0.5, 0.6) is 0 Å². The molecule has 1 unspecified atom stereocenters. The molecule has 2 rings (SSSR count). The Morgan fingerprint density at radius 1 is 1.33 bits per heavy atom. The molecule has 6 heteroatoms. The summed E-state index contributed by atoms with van der Waals surface area (Å²) in [5.74, 6) is 0.897. The average Bonchev–Trinajstić information content (AvgIpc) is 2.85. The Kier molecular flexibility index (Phi) is 4.43. The van der Waals surface area contributed by atoms with Gasteiger partial charge in [-0.05, 0) is 41.5 Å². The van der Waals surface area contributed by atoms with Gasteiger partial charge in [0.05, 0.1) is 5.69 Å². The Labute approximate surface area is 115 Å². The molecule has 18 heavy (non-hydrogen) atoms. The molecule has 0 spiro atoms. The van der Waals surface area contributed by atoms with Crippen molar-refractivity contribution in [1.82, 2.24) is 25.1 Å². The highest BCUT2D eigenvalue weighted by Crippen LogP contribution is 2.19. The second-order valence-electron chi connectivity index (χ2n) is 3.83. The van der Waals surface area contributed by atoms with Crippen LogP contribution in [0.25, 0.3) is 0 Å². The van der Waals surface area contributed by atoms with E-state index in [9.17, 15) is 0 Å². The highest BCUT2D eigenvalue weighted by Gasteiger charge is 2.19. The quantitative estimate of drug-likeness (QED) is 0.919. The van der Waals surface area contributed by atoms with Gasteiger partial charge in [-0.1, -0.05) is 6.92 Å². The Bertz CT molecular complexity index is 493. The molecule has 1 atom stereocenters. The van der Waals surface area contributed by atoms with E-state index in [2.05, 4.69) is 50.2 Å². The van der Waals surface area contributed by atoms with Gasteiger partial charge in [0.25, 0.3) is 0 Å². The topological polar surface area (TPSA) is 55.6 Å². The van der Waals surface area contributed by atoms with Crippen LogP contribution in [0, 0.1) is 0 Å². The molecule has 0 aliphatic heterocycles. The molecule has 0 aliphatic rings. The molecule has 0 fully saturated rings. The Hall–Kier alpha value is -1.27. The summed E-state index contributed by atoms with van der Waals surface area (Å²) in [5, 5.41) is 7.60. The molecule has 1 N–H and O–H groups in total. The van der Waals surface area contributed by atoms with Gasteiger partial charge in [-0.3, -0.25) is 4.98 Å². The lowest BCUT2D eigenvalue weighted by atomic mass is 10.1. The summed E-state index contributed by atoms with van der Waals surface area (Å²) >= 11 is 3.39. The summed E-state index contributed by atoms with van der Waals surface area (Å²) in [6.07, 6.45) is 3.38. The molecular formula is C12H16BrN5. The predicted molar refractivity (Wildman–Crippen MR) is 73.2 cm³/mol. The number of nitrogens with one attached hydrogen (secondary N) is 1. The fraction of sp³-hybridized carbons (Fsp3) is 0.417. The van der Waals surface area contributed by atoms with Crippen molar-refractivity contribution in [2.75, 3.05) is 6.54 Å². The third-order valence-electron chi connectivity index (χ3n) is 2.66. The number of rotatable bonds is 5. The molecular weight excluding hydrogens is 294 g/mol. The fourth-order valence-corrected chi connectivity index (χ4v) is 2.07. The first-order valence-corrected chi connectivity index (χ1v) is 6.78. The van der Waals surface area contributed by atoms with E-state index in [1.165, 1.54) is 0 Å². The maximum absolute atomic E-state index is 4.44. The zero-order valence-electron chi connectivity index (χ0n) is 10.5. The summed E-state index contributed by atoms with van der Waals surface area (Å²) < 4.78 is 2.86. The van der Waals surface area contributed by atoms with Crippen molar-refractivity contribution in [3.8, 4) is 0 Å². The molecule has 0 aromatic carbocycles. The Balaban J connectivity index is 2.36. The van der Waals surface area contributed by atoms with Crippen LogP contribution in [-0.4, -0.2) is 26.3 Å². The van der Waals surface area contributed by atoms with Gasteiger partial charge in [0.1, 0.15) is 18.2 Å². The van der Waals surface area contributed by atoms with Crippen molar-refractivity contribution in [3.63, 3.8) is 0 Å². The summed E-state index contributed by atoms with van der Waals surface area (Å²) in [7, 11) is 0. The van der Waals surface area contributed by atoms with Gasteiger partial charge < -0.3 is 5.32 Å². The number of hydrogen-bond acceptors (Lipinski definition) is 4. The summed E-state index contributed by atoms with van der Waals surface area (Å²) in [6.45, 7) is 5.77. The molecule has 0 saturated carbocycles. The predicted octanol–water partition coefficient (Wildman–Crippen LogP) is 2.15. The van der Waals surface area contributed by atoms with Crippen molar-refractivity contribution in [1.29, 1.82) is 0 Å². The molecule has 2 aromatic rings. The number of pyridine rings is 1. The van der Waals surface area contributed by atoms with E-state index in [4.69, 9.17) is 0 Å². The van der Waals surface area contributed by atoms with Crippen LogP contribution in [0.3, 0.4) is 0 Å². The van der Waals surface area contributed by atoms with Gasteiger partial charge in [0.15, 0.2) is 0 Å². The third-order valence-corrected chi connectivity index (χ3v) is 3.13. The zero-order valence-corrected chi connectivity index (χ0v) is 12.1. The molecule has 0 radical (unpaired) electrons. The molecule has 0 bridgehead atoms. The van der Waals surface area contributed by atoms with Crippen molar-refractivity contribution in [2.24, 2.45) is 0 Å². The minimum Gasteiger partial charge on any atom is -0.303 e. The van der Waals surface area contributed by atoms with Crippen LogP contribution in [0.15, 0.2) is 29.1 Å². The Morgan fingerprint density at radius 3 is 2.78 bits per heavy atom. The molecule has 2 aromatic heterocycles. The van der Waals surface area contributed by atoms with Crippen LogP contribution >= 0.6 is 15.9 Å². The first kappa shape index (κ1) is 13.2. The van der Waals surface area contributed by atoms with E-state index in [1.54, 1.807) is 12.5 Å². The first-order valence-electron chi connectivity index (χ1n) is 5.98. The average molecular weight is 310 g/mol. The van der Waals surface area contributed by atoms with Crippen molar-refractivity contribution < 1.29 is 0 Å². The van der Waals surface area contributed by atoms with E-state index in [1.807, 2.05) is 16.8 Å². The van der Waals surface area contributed by atoms with Gasteiger partial charge in [0.2, 0.25) is 0 Å². The highest BCUT2D eigenvalue weighted by atomic mass is 79.9. The summed E-state index contributed by atoms with van der Waals surface area (Å²) in [4.78, 5) is 8.78. The van der Waals surface area contributed by atoms with Crippen LogP contribution in [0.2, 0.25) is 0 Å². The molecule has 0 amide bonds. The smallest absolute Gasteiger partial charge is 0.150 e. The normalized spacial score (nSPS) is 12.6. The van der Waals surface area contributed by atoms with Crippen LogP contribution in [-0.2, 0) is 6.54 Å². The van der Waals surface area contributed by atoms with E-state index < -0.39 is 0 Å². The second kappa shape index (κ2) is 6.06. The second-order valence-corrected chi connectivity index (χ2v) is 4.74. The largest absolute Gasteiger partial charge is 0.303 e.